The summed E-state index contributed by atoms with van der Waals surface area (Å²) in [5.74, 6) is 6.72. The molecule has 0 aliphatic rings. The first kappa shape index (κ1) is 9.52. The van der Waals surface area contributed by atoms with Crippen LogP contribution in [0.15, 0.2) is 0 Å². The summed E-state index contributed by atoms with van der Waals surface area (Å²) in [6.07, 6.45) is 2.34. The minimum atomic E-state index is 0.595. The van der Waals surface area contributed by atoms with Gasteiger partial charge in [0.15, 0.2) is 0 Å². The maximum atomic E-state index is 3.18. The van der Waals surface area contributed by atoms with Crippen molar-refractivity contribution in [1.29, 1.82) is 0 Å². The van der Waals surface area contributed by atoms with Gasteiger partial charge in [0, 0.05) is 5.92 Å². The third-order valence-corrected chi connectivity index (χ3v) is 1.58. The van der Waals surface area contributed by atoms with E-state index in [1.54, 1.807) is 0 Å². The molecule has 0 aromatic rings. The molecule has 0 aliphatic heterocycles. The summed E-state index contributed by atoms with van der Waals surface area (Å²) < 4.78 is 0. The third kappa shape index (κ3) is 4.40. The Kier molecular flexibility index (Phi) is 6.32. The highest BCUT2D eigenvalue weighted by Gasteiger charge is 1.98. The van der Waals surface area contributed by atoms with Gasteiger partial charge in [-0.1, -0.05) is 6.92 Å². The van der Waals surface area contributed by atoms with E-state index < -0.39 is 0 Å². The van der Waals surface area contributed by atoms with Gasteiger partial charge in [-0.2, -0.15) is 0 Å². The van der Waals surface area contributed by atoms with Crippen LogP contribution in [-0.4, -0.2) is 13.6 Å². The molecule has 0 spiro atoms. The highest BCUT2D eigenvalue weighted by molar-refractivity contribution is 5.00. The topological polar surface area (TPSA) is 12.0 Å². The molecule has 0 heterocycles. The molecule has 1 N–H and O–H groups in total. The molecule has 0 aromatic heterocycles. The van der Waals surface area contributed by atoms with E-state index in [0.717, 1.165) is 6.54 Å². The number of nitrogens with one attached hydrogen (secondary N) is 1. The Balaban J connectivity index is 3.46. The van der Waals surface area contributed by atoms with Crippen LogP contribution in [0.2, 0.25) is 0 Å². The lowest BCUT2D eigenvalue weighted by molar-refractivity contribution is 0.568. The predicted octanol–water partition coefficient (Wildman–Crippen LogP) is 1.65. The Morgan fingerprint density at radius 3 is 2.60 bits per heavy atom. The quantitative estimate of drug-likeness (QED) is 0.584. The molecular weight excluding hydrogens is 122 g/mol. The minimum Gasteiger partial charge on any atom is -0.320 e. The smallest absolute Gasteiger partial charge is 0.0212 e. The zero-order valence-corrected chi connectivity index (χ0v) is 7.20. The first-order chi connectivity index (χ1) is 4.85. The molecule has 0 bridgehead atoms. The predicted molar refractivity (Wildman–Crippen MR) is 45.8 cm³/mol. The van der Waals surface area contributed by atoms with E-state index in [1.165, 1.54) is 12.8 Å². The highest BCUT2D eigenvalue weighted by atomic mass is 14.8. The molecule has 1 nitrogen and oxygen atoms in total. The molecule has 1 unspecified atom stereocenters. The normalized spacial score (nSPS) is 11.9. The second-order valence-electron chi connectivity index (χ2n) is 2.39. The van der Waals surface area contributed by atoms with Crippen LogP contribution in [0.25, 0.3) is 0 Å². The lowest BCUT2D eigenvalue weighted by Gasteiger charge is -2.05. The molecule has 10 heavy (non-hydrogen) atoms. The van der Waals surface area contributed by atoms with Crippen LogP contribution in [0.1, 0.15) is 26.7 Å². The molecule has 0 radical (unpaired) electrons. The van der Waals surface area contributed by atoms with Gasteiger partial charge >= 0.3 is 0 Å². The van der Waals surface area contributed by atoms with E-state index in [-0.39, 0.29) is 0 Å². The van der Waals surface area contributed by atoms with Crippen molar-refractivity contribution in [2.24, 2.45) is 5.92 Å². The van der Waals surface area contributed by atoms with Gasteiger partial charge in [0.2, 0.25) is 0 Å². The fourth-order valence-electron chi connectivity index (χ4n) is 0.901. The zero-order chi connectivity index (χ0) is 7.82. The van der Waals surface area contributed by atoms with E-state index >= 15 is 0 Å². The Morgan fingerprint density at radius 1 is 1.50 bits per heavy atom. The van der Waals surface area contributed by atoms with Crippen molar-refractivity contribution in [3.63, 3.8) is 0 Å². The van der Waals surface area contributed by atoms with Crippen molar-refractivity contribution in [3.8, 4) is 11.8 Å². The highest BCUT2D eigenvalue weighted by Crippen LogP contribution is 2.04. The lowest BCUT2D eigenvalue weighted by atomic mass is 10.0. The summed E-state index contributed by atoms with van der Waals surface area (Å²) in [6.45, 7) is 5.17. The minimum absolute atomic E-state index is 0.595. The Bertz CT molecular complexity index is 118. The summed E-state index contributed by atoms with van der Waals surface area (Å²) in [4.78, 5) is 0. The summed E-state index contributed by atoms with van der Waals surface area (Å²) in [5, 5.41) is 3.12. The van der Waals surface area contributed by atoms with Gasteiger partial charge in [0.05, 0.1) is 0 Å². The average Bonchev–Trinajstić information content (AvgIpc) is 1.98. The second kappa shape index (κ2) is 6.64. The van der Waals surface area contributed by atoms with E-state index in [0.29, 0.717) is 5.92 Å². The molecule has 0 saturated carbocycles. The van der Waals surface area contributed by atoms with Gasteiger partial charge < -0.3 is 5.32 Å². The first-order valence-electron chi connectivity index (χ1n) is 3.92. The molecule has 0 rings (SSSR count). The van der Waals surface area contributed by atoms with Gasteiger partial charge in [-0.3, -0.25) is 0 Å². The number of rotatable bonds is 4. The summed E-state index contributed by atoms with van der Waals surface area (Å²) in [6, 6.07) is 0. The lowest BCUT2D eigenvalue weighted by Crippen LogP contribution is -2.11. The van der Waals surface area contributed by atoms with Crippen LogP contribution in [0.5, 0.6) is 0 Å². The zero-order valence-electron chi connectivity index (χ0n) is 7.20. The molecule has 1 heteroatoms. The van der Waals surface area contributed by atoms with Crippen molar-refractivity contribution in [1.82, 2.24) is 5.32 Å². The molecule has 0 saturated heterocycles. The first-order valence-corrected chi connectivity index (χ1v) is 3.92. The van der Waals surface area contributed by atoms with Crippen LogP contribution in [0.4, 0.5) is 0 Å². The Hall–Kier alpha value is -0.480. The molecule has 1 atom stereocenters. The van der Waals surface area contributed by atoms with Crippen molar-refractivity contribution in [2.45, 2.75) is 26.7 Å². The van der Waals surface area contributed by atoms with Crippen LogP contribution >= 0.6 is 0 Å². The maximum absolute atomic E-state index is 3.18. The van der Waals surface area contributed by atoms with E-state index in [4.69, 9.17) is 0 Å². The standard InChI is InChI=1S/C9H17N/c1-4-6-9(5-2)7-8-10-3/h9-10H,5,7-8H2,1-3H3. The summed E-state index contributed by atoms with van der Waals surface area (Å²) in [5.41, 5.74) is 0. The van der Waals surface area contributed by atoms with Gasteiger partial charge in [0.1, 0.15) is 0 Å². The average molecular weight is 139 g/mol. The molecule has 58 valence electrons. The van der Waals surface area contributed by atoms with Crippen molar-refractivity contribution in [2.75, 3.05) is 13.6 Å². The summed E-state index contributed by atoms with van der Waals surface area (Å²) >= 11 is 0. The molecule has 0 amide bonds. The summed E-state index contributed by atoms with van der Waals surface area (Å²) in [7, 11) is 1.98. The van der Waals surface area contributed by atoms with E-state index in [9.17, 15) is 0 Å². The van der Waals surface area contributed by atoms with Crippen molar-refractivity contribution < 1.29 is 0 Å². The van der Waals surface area contributed by atoms with Gasteiger partial charge in [-0.25, -0.2) is 0 Å². The van der Waals surface area contributed by atoms with Crippen LogP contribution in [-0.2, 0) is 0 Å². The SMILES string of the molecule is CC#CC(CC)CCNC. The Morgan fingerprint density at radius 2 is 2.20 bits per heavy atom. The third-order valence-electron chi connectivity index (χ3n) is 1.58. The van der Waals surface area contributed by atoms with Gasteiger partial charge in [-0.15, -0.1) is 11.8 Å². The monoisotopic (exact) mass is 139 g/mol. The van der Waals surface area contributed by atoms with Crippen molar-refractivity contribution in [3.05, 3.63) is 0 Å². The number of hydrogen-bond acceptors (Lipinski definition) is 1. The molecule has 0 aliphatic carbocycles. The molecule has 0 fully saturated rings. The van der Waals surface area contributed by atoms with Gasteiger partial charge in [-0.05, 0) is 33.4 Å². The maximum Gasteiger partial charge on any atom is 0.0212 e. The van der Waals surface area contributed by atoms with Crippen LogP contribution in [0.3, 0.4) is 0 Å². The van der Waals surface area contributed by atoms with Crippen LogP contribution in [0, 0.1) is 17.8 Å². The molecule has 0 aromatic carbocycles. The fourth-order valence-corrected chi connectivity index (χ4v) is 0.901. The fraction of sp³-hybridized carbons (Fsp3) is 0.778. The van der Waals surface area contributed by atoms with Crippen LogP contribution < -0.4 is 5.32 Å². The van der Waals surface area contributed by atoms with E-state index in [1.807, 2.05) is 14.0 Å². The Labute approximate surface area is 64.2 Å². The largest absolute Gasteiger partial charge is 0.320 e. The second-order valence-corrected chi connectivity index (χ2v) is 2.39. The van der Waals surface area contributed by atoms with Gasteiger partial charge in [0.25, 0.3) is 0 Å². The van der Waals surface area contributed by atoms with Crippen molar-refractivity contribution >= 4 is 0 Å². The molecular formula is C9H17N. The number of hydrogen-bond donors (Lipinski definition) is 1. The van der Waals surface area contributed by atoms with E-state index in [2.05, 4.69) is 24.1 Å².